The van der Waals surface area contributed by atoms with Gasteiger partial charge in [0.15, 0.2) is 0 Å². The second kappa shape index (κ2) is 5.41. The van der Waals surface area contributed by atoms with Gasteiger partial charge in [0.05, 0.1) is 0 Å². The van der Waals surface area contributed by atoms with Crippen LogP contribution in [0.5, 0.6) is 0 Å². The summed E-state index contributed by atoms with van der Waals surface area (Å²) in [6, 6.07) is 0. The predicted octanol–water partition coefficient (Wildman–Crippen LogP) is -0.937. The molecule has 0 saturated carbocycles. The molecule has 2 N–H and O–H groups in total. The molecule has 0 aromatic carbocycles. The molecule has 0 amide bonds. The van der Waals surface area contributed by atoms with Crippen molar-refractivity contribution in [3.05, 3.63) is 12.2 Å². The molecular weight excluding hydrogens is 119 g/mol. The molecule has 0 aliphatic carbocycles. The van der Waals surface area contributed by atoms with Gasteiger partial charge < -0.3 is 10.2 Å². The first kappa shape index (κ1) is 11.1. The van der Waals surface area contributed by atoms with Crippen LogP contribution in [0.3, 0.4) is 0 Å². The number of carbonyl (C=O) groups is 2. The zero-order valence-corrected chi connectivity index (χ0v) is 3.87. The van der Waals surface area contributed by atoms with Crippen molar-refractivity contribution >= 4 is 30.8 Å². The third-order valence-corrected chi connectivity index (χ3v) is 0.368. The molecule has 0 radical (unpaired) electrons. The van der Waals surface area contributed by atoms with Crippen molar-refractivity contribution in [2.75, 3.05) is 0 Å². The molecule has 0 saturated heterocycles. The molecule has 5 heteroatoms. The first-order valence-electron chi connectivity index (χ1n) is 1.77. The van der Waals surface area contributed by atoms with Crippen molar-refractivity contribution in [3.8, 4) is 0 Å². The van der Waals surface area contributed by atoms with Crippen LogP contribution in [0.4, 0.5) is 0 Å². The van der Waals surface area contributed by atoms with E-state index in [4.69, 9.17) is 10.2 Å². The van der Waals surface area contributed by atoms with Crippen molar-refractivity contribution in [2.24, 2.45) is 0 Å². The molecule has 0 unspecified atom stereocenters. The van der Waals surface area contributed by atoms with Gasteiger partial charge in [0.1, 0.15) is 0 Å². The molecule has 0 rings (SSSR count). The van der Waals surface area contributed by atoms with E-state index >= 15 is 0 Å². The third-order valence-electron chi connectivity index (χ3n) is 0.368. The summed E-state index contributed by atoms with van der Waals surface area (Å²) in [6.45, 7) is 0. The summed E-state index contributed by atoms with van der Waals surface area (Å²) in [4.78, 5) is 19.1. The van der Waals surface area contributed by atoms with Crippen LogP contribution in [-0.4, -0.2) is 41.0 Å². The monoisotopic (exact) mass is 124 g/mol. The summed E-state index contributed by atoms with van der Waals surface area (Å²) in [5.41, 5.74) is 0. The molecule has 0 atom stereocenters. The number of carboxylic acid groups (broad SMARTS) is 2. The minimum absolute atomic E-state index is 0. The van der Waals surface area contributed by atoms with Gasteiger partial charge in [-0.05, 0) is 0 Å². The summed E-state index contributed by atoms with van der Waals surface area (Å²) in [6.07, 6.45) is 1.12. The van der Waals surface area contributed by atoms with Gasteiger partial charge in [0, 0.05) is 12.2 Å². The van der Waals surface area contributed by atoms with Crippen LogP contribution < -0.4 is 0 Å². The molecule has 0 aromatic heterocycles. The van der Waals surface area contributed by atoms with Gasteiger partial charge in [0.2, 0.25) is 0 Å². The van der Waals surface area contributed by atoms with Crippen LogP contribution in [0.2, 0.25) is 0 Å². The zero-order valence-electron chi connectivity index (χ0n) is 3.87. The van der Waals surface area contributed by atoms with E-state index in [0.29, 0.717) is 12.2 Å². The van der Waals surface area contributed by atoms with Crippen LogP contribution in [0.15, 0.2) is 12.2 Å². The summed E-state index contributed by atoms with van der Waals surface area (Å²) in [5, 5.41) is 15.6. The molecule has 46 valence electrons. The average Bonchev–Trinajstić information content (AvgIpc) is 1.61. The molecule has 9 heavy (non-hydrogen) atoms. The number of hydrogen-bond acceptors (Lipinski definition) is 2. The number of carboxylic acids is 2. The molecule has 0 fully saturated rings. The molecule has 4 nitrogen and oxygen atoms in total. The van der Waals surface area contributed by atoms with E-state index in [1.807, 2.05) is 0 Å². The Hall–Kier alpha value is -0.723. The quantitative estimate of drug-likeness (QED) is 0.368. The topological polar surface area (TPSA) is 74.6 Å². The Bertz CT molecular complexity index is 124. The first-order chi connectivity index (χ1) is 3.63. The van der Waals surface area contributed by atoms with Gasteiger partial charge in [-0.1, -0.05) is 0 Å². The summed E-state index contributed by atoms with van der Waals surface area (Å²) >= 11 is 0. The fourth-order valence-electron chi connectivity index (χ4n) is 0.143. The van der Waals surface area contributed by atoms with Gasteiger partial charge in [-0.2, -0.15) is 0 Å². The van der Waals surface area contributed by atoms with Crippen molar-refractivity contribution in [3.63, 3.8) is 0 Å². The predicted molar refractivity (Wildman–Crippen MR) is 31.6 cm³/mol. The van der Waals surface area contributed by atoms with Crippen molar-refractivity contribution in [1.29, 1.82) is 0 Å². The summed E-state index contributed by atoms with van der Waals surface area (Å²) in [5.74, 6) is -2.51. The summed E-state index contributed by atoms with van der Waals surface area (Å²) in [7, 11) is 0. The Labute approximate surface area is 63.4 Å². The SMILES string of the molecule is O=C(O)/C=C/C(=O)O.[LiH]. The number of rotatable bonds is 2. The fourth-order valence-corrected chi connectivity index (χ4v) is 0.143. The van der Waals surface area contributed by atoms with E-state index in [2.05, 4.69) is 0 Å². The Kier molecular flexibility index (Phi) is 6.69. The van der Waals surface area contributed by atoms with E-state index < -0.39 is 11.9 Å². The maximum absolute atomic E-state index is 9.55. The van der Waals surface area contributed by atoms with Gasteiger partial charge in [0.25, 0.3) is 0 Å². The van der Waals surface area contributed by atoms with Crippen LogP contribution in [-0.2, 0) is 9.59 Å². The van der Waals surface area contributed by atoms with Crippen LogP contribution in [0, 0.1) is 0 Å². The molecule has 0 aliphatic heterocycles. The van der Waals surface area contributed by atoms with E-state index in [1.54, 1.807) is 0 Å². The van der Waals surface area contributed by atoms with Gasteiger partial charge in [-0.15, -0.1) is 0 Å². The van der Waals surface area contributed by atoms with Crippen LogP contribution >= 0.6 is 0 Å². The van der Waals surface area contributed by atoms with Crippen LogP contribution in [0.1, 0.15) is 0 Å². The second-order valence-corrected chi connectivity index (χ2v) is 1.01. The average molecular weight is 124 g/mol. The summed E-state index contributed by atoms with van der Waals surface area (Å²) < 4.78 is 0. The maximum atomic E-state index is 9.55. The Morgan fingerprint density at radius 3 is 1.33 bits per heavy atom. The number of aliphatic carboxylic acids is 2. The fraction of sp³-hybridized carbons (Fsp3) is 0. The molecule has 0 aliphatic rings. The Balaban J connectivity index is 0. The molecule has 0 heterocycles. The normalized spacial score (nSPS) is 8.44. The zero-order chi connectivity index (χ0) is 6.57. The Morgan fingerprint density at radius 1 is 1.00 bits per heavy atom. The van der Waals surface area contributed by atoms with Gasteiger partial charge in [-0.25, -0.2) is 9.59 Å². The molecule has 0 spiro atoms. The first-order valence-corrected chi connectivity index (χ1v) is 1.77. The Morgan fingerprint density at radius 2 is 1.22 bits per heavy atom. The van der Waals surface area contributed by atoms with Gasteiger partial charge in [-0.3, -0.25) is 0 Å². The molecule has 0 aromatic rings. The van der Waals surface area contributed by atoms with Crippen molar-refractivity contribution in [1.82, 2.24) is 0 Å². The molecular formula is C4H5LiO4. The van der Waals surface area contributed by atoms with E-state index in [0.717, 1.165) is 0 Å². The third kappa shape index (κ3) is 11.1. The van der Waals surface area contributed by atoms with E-state index in [1.165, 1.54) is 0 Å². The van der Waals surface area contributed by atoms with E-state index in [9.17, 15) is 9.59 Å². The van der Waals surface area contributed by atoms with Crippen molar-refractivity contribution in [2.45, 2.75) is 0 Å². The molecule has 0 bridgehead atoms. The standard InChI is InChI=1S/C4H4O4.Li.H/c5-3(6)1-2-4(7)8;;/h1-2H,(H,5,6)(H,7,8);;/b2-1+;;. The second-order valence-electron chi connectivity index (χ2n) is 1.01. The number of hydrogen-bond donors (Lipinski definition) is 2. The van der Waals surface area contributed by atoms with E-state index in [-0.39, 0.29) is 18.9 Å². The van der Waals surface area contributed by atoms with Crippen molar-refractivity contribution < 1.29 is 19.8 Å². The van der Waals surface area contributed by atoms with Gasteiger partial charge >= 0.3 is 30.8 Å². The minimum atomic E-state index is -1.26. The van der Waals surface area contributed by atoms with Crippen LogP contribution in [0.25, 0.3) is 0 Å².